The standard InChI is InChI=1S/C12H14ClFN2.CH4O/c13-11-2-1-10(14)3-12(11)16-6-8-4-15-5-9(8)7-16;1-2/h1-3,8-9,15H,4-7H2;2H,1H3. The molecule has 0 bridgehead atoms. The Balaban J connectivity index is 0.000000574. The van der Waals surface area contributed by atoms with Gasteiger partial charge in [0.25, 0.3) is 0 Å². The molecule has 2 heterocycles. The van der Waals surface area contributed by atoms with Crippen LogP contribution in [0.4, 0.5) is 10.1 Å². The number of nitrogens with zero attached hydrogens (tertiary/aromatic N) is 1. The number of fused-ring (bicyclic) bond motifs is 1. The average molecular weight is 273 g/mol. The van der Waals surface area contributed by atoms with Gasteiger partial charge in [-0.15, -0.1) is 0 Å². The highest BCUT2D eigenvalue weighted by Crippen LogP contribution is 2.34. The SMILES string of the molecule is CO.Fc1ccc(Cl)c(N2CC3CNCC3C2)c1. The second kappa shape index (κ2) is 5.87. The van der Waals surface area contributed by atoms with E-state index in [1.165, 1.54) is 12.1 Å². The number of anilines is 1. The predicted octanol–water partition coefficient (Wildman–Crippen LogP) is 1.74. The zero-order valence-corrected chi connectivity index (χ0v) is 11.1. The van der Waals surface area contributed by atoms with Crippen molar-refractivity contribution < 1.29 is 9.50 Å². The third-order valence-corrected chi connectivity index (χ3v) is 3.96. The number of hydrogen-bond acceptors (Lipinski definition) is 3. The van der Waals surface area contributed by atoms with Crippen LogP contribution in [-0.2, 0) is 0 Å². The summed E-state index contributed by atoms with van der Waals surface area (Å²) in [6.07, 6.45) is 0. The van der Waals surface area contributed by atoms with Gasteiger partial charge in [0.05, 0.1) is 10.7 Å². The largest absolute Gasteiger partial charge is 0.400 e. The third-order valence-electron chi connectivity index (χ3n) is 3.64. The van der Waals surface area contributed by atoms with E-state index in [1.54, 1.807) is 6.07 Å². The summed E-state index contributed by atoms with van der Waals surface area (Å²) in [6, 6.07) is 4.58. The molecule has 100 valence electrons. The number of halogens is 2. The van der Waals surface area contributed by atoms with Gasteiger partial charge in [-0.1, -0.05) is 11.6 Å². The minimum Gasteiger partial charge on any atom is -0.400 e. The van der Waals surface area contributed by atoms with E-state index in [0.717, 1.165) is 39.0 Å². The first-order valence-electron chi connectivity index (χ1n) is 6.09. The smallest absolute Gasteiger partial charge is 0.125 e. The van der Waals surface area contributed by atoms with Crippen LogP contribution >= 0.6 is 11.6 Å². The summed E-state index contributed by atoms with van der Waals surface area (Å²) in [5.41, 5.74) is 0.844. The summed E-state index contributed by atoms with van der Waals surface area (Å²) in [4.78, 5) is 2.21. The minimum atomic E-state index is -0.213. The average Bonchev–Trinajstić information content (AvgIpc) is 2.95. The van der Waals surface area contributed by atoms with Crippen molar-refractivity contribution in [3.8, 4) is 0 Å². The normalized spacial score (nSPS) is 25.7. The van der Waals surface area contributed by atoms with Gasteiger partial charge >= 0.3 is 0 Å². The molecular weight excluding hydrogens is 255 g/mol. The highest BCUT2D eigenvalue weighted by Gasteiger charge is 2.36. The Hall–Kier alpha value is -0.840. The van der Waals surface area contributed by atoms with E-state index in [9.17, 15) is 4.39 Å². The molecule has 0 aromatic heterocycles. The van der Waals surface area contributed by atoms with Crippen LogP contribution in [0.1, 0.15) is 0 Å². The van der Waals surface area contributed by atoms with Crippen molar-refractivity contribution in [2.24, 2.45) is 11.8 Å². The molecule has 2 saturated heterocycles. The molecule has 2 aliphatic rings. The van der Waals surface area contributed by atoms with Crippen LogP contribution in [0.25, 0.3) is 0 Å². The van der Waals surface area contributed by atoms with E-state index in [-0.39, 0.29) is 5.82 Å². The van der Waals surface area contributed by atoms with E-state index in [4.69, 9.17) is 16.7 Å². The van der Waals surface area contributed by atoms with Crippen LogP contribution in [0.3, 0.4) is 0 Å². The Labute approximate surface area is 112 Å². The summed E-state index contributed by atoms with van der Waals surface area (Å²) in [5.74, 6) is 1.17. The van der Waals surface area contributed by atoms with Gasteiger partial charge in [0.2, 0.25) is 0 Å². The Bertz CT molecular complexity index is 404. The highest BCUT2D eigenvalue weighted by molar-refractivity contribution is 6.33. The second-order valence-electron chi connectivity index (χ2n) is 4.68. The molecule has 5 heteroatoms. The fraction of sp³-hybridized carbons (Fsp3) is 0.538. The van der Waals surface area contributed by atoms with Gasteiger partial charge in [-0.2, -0.15) is 0 Å². The van der Waals surface area contributed by atoms with Crippen LogP contribution in [0, 0.1) is 17.7 Å². The second-order valence-corrected chi connectivity index (χ2v) is 5.09. The number of rotatable bonds is 1. The van der Waals surface area contributed by atoms with Gasteiger partial charge < -0.3 is 15.3 Å². The van der Waals surface area contributed by atoms with Crippen molar-refractivity contribution in [2.45, 2.75) is 0 Å². The maximum atomic E-state index is 13.2. The molecule has 2 N–H and O–H groups in total. The topological polar surface area (TPSA) is 35.5 Å². The van der Waals surface area contributed by atoms with E-state index in [1.807, 2.05) is 0 Å². The van der Waals surface area contributed by atoms with E-state index < -0.39 is 0 Å². The van der Waals surface area contributed by atoms with E-state index >= 15 is 0 Å². The molecule has 2 aliphatic heterocycles. The number of aliphatic hydroxyl groups excluding tert-OH is 1. The van der Waals surface area contributed by atoms with Crippen molar-refractivity contribution in [3.05, 3.63) is 29.0 Å². The predicted molar refractivity (Wildman–Crippen MR) is 71.6 cm³/mol. The van der Waals surface area contributed by atoms with Gasteiger partial charge in [-0.25, -0.2) is 4.39 Å². The number of nitrogens with one attached hydrogen (secondary N) is 1. The molecule has 0 amide bonds. The van der Waals surface area contributed by atoms with Crippen LogP contribution < -0.4 is 10.2 Å². The Morgan fingerprint density at radius 1 is 1.28 bits per heavy atom. The van der Waals surface area contributed by atoms with Gasteiger partial charge in [-0.05, 0) is 30.0 Å². The van der Waals surface area contributed by atoms with E-state index in [2.05, 4.69) is 10.2 Å². The number of aliphatic hydroxyl groups is 1. The molecule has 0 aliphatic carbocycles. The fourth-order valence-corrected chi connectivity index (χ4v) is 3.02. The quantitative estimate of drug-likeness (QED) is 0.818. The number of hydrogen-bond donors (Lipinski definition) is 2. The first-order valence-corrected chi connectivity index (χ1v) is 6.47. The molecule has 18 heavy (non-hydrogen) atoms. The molecule has 1 aromatic rings. The zero-order valence-electron chi connectivity index (χ0n) is 10.4. The lowest BCUT2D eigenvalue weighted by molar-refractivity contribution is 0.399. The lowest BCUT2D eigenvalue weighted by Crippen LogP contribution is -2.25. The van der Waals surface area contributed by atoms with Crippen molar-refractivity contribution in [1.82, 2.24) is 5.32 Å². The maximum Gasteiger partial charge on any atom is 0.125 e. The van der Waals surface area contributed by atoms with Crippen LogP contribution in [0.5, 0.6) is 0 Å². The summed E-state index contributed by atoms with van der Waals surface area (Å²) in [6.45, 7) is 4.13. The van der Waals surface area contributed by atoms with Crippen molar-refractivity contribution in [3.63, 3.8) is 0 Å². The Morgan fingerprint density at radius 3 is 2.50 bits per heavy atom. The summed E-state index contributed by atoms with van der Waals surface area (Å²) >= 11 is 6.11. The Morgan fingerprint density at radius 2 is 1.89 bits per heavy atom. The molecule has 2 fully saturated rings. The van der Waals surface area contributed by atoms with Crippen molar-refractivity contribution in [2.75, 3.05) is 38.2 Å². The van der Waals surface area contributed by atoms with Gasteiger partial charge in [0, 0.05) is 33.3 Å². The molecule has 3 nitrogen and oxygen atoms in total. The van der Waals surface area contributed by atoms with E-state index in [0.29, 0.717) is 16.9 Å². The lowest BCUT2D eigenvalue weighted by atomic mass is 10.0. The molecule has 3 rings (SSSR count). The van der Waals surface area contributed by atoms with Crippen molar-refractivity contribution in [1.29, 1.82) is 0 Å². The first-order chi connectivity index (χ1) is 8.74. The minimum absolute atomic E-state index is 0.213. The van der Waals surface area contributed by atoms with Gasteiger partial charge in [0.1, 0.15) is 5.82 Å². The number of benzene rings is 1. The van der Waals surface area contributed by atoms with Crippen molar-refractivity contribution >= 4 is 17.3 Å². The summed E-state index contributed by atoms with van der Waals surface area (Å²) in [5, 5.41) is 11.0. The lowest BCUT2D eigenvalue weighted by Gasteiger charge is -2.21. The Kier molecular flexibility index (Phi) is 4.43. The monoisotopic (exact) mass is 272 g/mol. The zero-order chi connectivity index (χ0) is 13.1. The van der Waals surface area contributed by atoms with Gasteiger partial charge in [-0.3, -0.25) is 0 Å². The molecule has 0 spiro atoms. The molecule has 0 saturated carbocycles. The summed E-state index contributed by atoms with van der Waals surface area (Å²) in [7, 11) is 1.00. The van der Waals surface area contributed by atoms with Gasteiger partial charge in [0.15, 0.2) is 0 Å². The van der Waals surface area contributed by atoms with Crippen LogP contribution in [0.15, 0.2) is 18.2 Å². The maximum absolute atomic E-state index is 13.2. The third kappa shape index (κ3) is 2.60. The van der Waals surface area contributed by atoms with Crippen LogP contribution in [-0.4, -0.2) is 38.4 Å². The molecule has 2 atom stereocenters. The molecule has 0 radical (unpaired) electrons. The fourth-order valence-electron chi connectivity index (χ4n) is 2.78. The molecular formula is C13H18ClFN2O. The summed E-state index contributed by atoms with van der Waals surface area (Å²) < 4.78 is 13.2. The highest BCUT2D eigenvalue weighted by atomic mass is 35.5. The first kappa shape index (κ1) is 13.6. The molecule has 2 unspecified atom stereocenters. The van der Waals surface area contributed by atoms with Crippen LogP contribution in [0.2, 0.25) is 5.02 Å². The molecule has 1 aromatic carbocycles.